The summed E-state index contributed by atoms with van der Waals surface area (Å²) in [6.07, 6.45) is 9.62. The van der Waals surface area contributed by atoms with Crippen molar-refractivity contribution in [2.24, 2.45) is 0 Å². The molecule has 28 heavy (non-hydrogen) atoms. The molecule has 0 bridgehead atoms. The van der Waals surface area contributed by atoms with Gasteiger partial charge in [-0.15, -0.1) is 5.47 Å². The second kappa shape index (κ2) is 7.50. The van der Waals surface area contributed by atoms with Crippen molar-refractivity contribution < 1.29 is 9.59 Å². The minimum absolute atomic E-state index is 0.0211. The van der Waals surface area contributed by atoms with Gasteiger partial charge in [0, 0.05) is 5.69 Å². The fraction of sp³-hybridized carbons (Fsp3) is 0.368. The highest BCUT2D eigenvalue weighted by Crippen LogP contribution is 2.21. The van der Waals surface area contributed by atoms with Gasteiger partial charge in [-0.1, -0.05) is 17.7 Å². The quantitative estimate of drug-likeness (QED) is 0.609. The second-order valence-electron chi connectivity index (χ2n) is 7.18. The summed E-state index contributed by atoms with van der Waals surface area (Å²) in [5.41, 5.74) is 3.87. The highest BCUT2D eigenvalue weighted by atomic mass is 16.2. The smallest absolute Gasteiger partial charge is 0.279 e. The highest BCUT2D eigenvalue weighted by Gasteiger charge is 2.25. The molecule has 1 unspecified atom stereocenters. The minimum atomic E-state index is -0.493. The Labute approximate surface area is 163 Å². The molecule has 4 N–H and O–H groups in total. The Bertz CT molecular complexity index is 963. The number of amides is 2. The van der Waals surface area contributed by atoms with Gasteiger partial charge in [-0.05, 0) is 39.0 Å². The lowest BCUT2D eigenvalue weighted by Crippen LogP contribution is -2.38. The molecule has 0 saturated carbocycles. The van der Waals surface area contributed by atoms with E-state index in [0.29, 0.717) is 17.8 Å². The van der Waals surface area contributed by atoms with Crippen LogP contribution in [0.2, 0.25) is 0 Å². The Hall–Kier alpha value is -3.10. The molecule has 0 saturated heterocycles. The molecule has 2 radical (unpaired) electrons. The largest absolute Gasteiger partial charge is 0.344 e. The maximum absolute atomic E-state index is 12.7. The van der Waals surface area contributed by atoms with E-state index >= 15 is 0 Å². The number of hydrogen-bond donors (Lipinski definition) is 4. The first kappa shape index (κ1) is 18.3. The van der Waals surface area contributed by atoms with Crippen LogP contribution in [0.25, 0.3) is 0 Å². The molecule has 8 nitrogen and oxygen atoms in total. The van der Waals surface area contributed by atoms with Gasteiger partial charge in [0.2, 0.25) is 5.95 Å². The van der Waals surface area contributed by atoms with Gasteiger partial charge in [0.25, 0.3) is 11.8 Å². The second-order valence-corrected chi connectivity index (χ2v) is 7.18. The molecule has 2 aromatic rings. The first-order valence-corrected chi connectivity index (χ1v) is 9.37. The molecule has 1 atom stereocenters. The molecule has 0 aliphatic heterocycles. The van der Waals surface area contributed by atoms with Gasteiger partial charge in [0.1, 0.15) is 13.5 Å². The average molecular weight is 376 g/mol. The standard InChI is InChI=1S/C19H21BN6O2/c1-10-6-7-11(20)8-14(10)23-17(27)15-16(22-9-21-15)18(28)26-19-24-12-4-2-3-5-13(12)25-19/h6-7,9,14H,2-5,8H2,1H3,(H,21,22)(H,23,27)(H2,24,25,26,28). The maximum atomic E-state index is 12.7. The van der Waals surface area contributed by atoms with Crippen LogP contribution in [0.15, 0.2) is 29.5 Å². The minimum Gasteiger partial charge on any atom is -0.344 e. The SMILES string of the molecule is [B]C1=CC=C(C)C(NC(=O)c2[nH]cnc2C(=O)Nc2nc3c([nH]2)CCCC3)C1. The van der Waals surface area contributed by atoms with Crippen LogP contribution < -0.4 is 10.6 Å². The number of rotatable bonds is 4. The number of fused-ring (bicyclic) bond motifs is 1. The number of imidazole rings is 2. The number of H-pyrrole nitrogens is 2. The van der Waals surface area contributed by atoms with Crippen molar-refractivity contribution in [1.82, 2.24) is 25.3 Å². The highest BCUT2D eigenvalue weighted by molar-refractivity contribution is 6.22. The number of aromatic amines is 2. The average Bonchev–Trinajstić information content (AvgIpc) is 3.31. The molecular weight excluding hydrogens is 355 g/mol. The Kier molecular flexibility index (Phi) is 4.89. The zero-order valence-corrected chi connectivity index (χ0v) is 15.6. The molecule has 2 aliphatic rings. The summed E-state index contributed by atoms with van der Waals surface area (Å²) < 4.78 is 0. The molecule has 4 rings (SSSR count). The molecule has 9 heteroatoms. The third-order valence-electron chi connectivity index (χ3n) is 5.12. The monoisotopic (exact) mass is 376 g/mol. The first-order chi connectivity index (χ1) is 13.5. The molecule has 2 heterocycles. The molecule has 2 aliphatic carbocycles. The summed E-state index contributed by atoms with van der Waals surface area (Å²) in [5.74, 6) is -0.517. The van der Waals surface area contributed by atoms with Crippen molar-refractivity contribution in [2.45, 2.75) is 45.1 Å². The summed E-state index contributed by atoms with van der Waals surface area (Å²) in [6.45, 7) is 1.92. The van der Waals surface area contributed by atoms with E-state index in [2.05, 4.69) is 30.6 Å². The first-order valence-electron chi connectivity index (χ1n) is 9.37. The number of nitrogens with one attached hydrogen (secondary N) is 4. The van der Waals surface area contributed by atoms with Crippen LogP contribution in [-0.2, 0) is 12.8 Å². The van der Waals surface area contributed by atoms with Crippen LogP contribution in [0.5, 0.6) is 0 Å². The van der Waals surface area contributed by atoms with Crippen LogP contribution in [0, 0.1) is 0 Å². The molecule has 2 amide bonds. The van der Waals surface area contributed by atoms with Crippen LogP contribution >= 0.6 is 0 Å². The number of aryl methyl sites for hydroxylation is 2. The van der Waals surface area contributed by atoms with E-state index in [1.807, 2.05) is 19.1 Å². The molecular formula is C19H21BN6O2. The molecule has 2 aromatic heterocycles. The fourth-order valence-corrected chi connectivity index (χ4v) is 3.53. The number of anilines is 1. The zero-order valence-electron chi connectivity index (χ0n) is 15.6. The maximum Gasteiger partial charge on any atom is 0.279 e. The topological polar surface area (TPSA) is 116 Å². The Balaban J connectivity index is 1.46. The van der Waals surface area contributed by atoms with E-state index in [-0.39, 0.29) is 17.4 Å². The predicted molar refractivity (Wildman–Crippen MR) is 105 cm³/mol. The number of allylic oxidation sites excluding steroid dienone is 2. The number of nitrogens with zero attached hydrogens (tertiary/aromatic N) is 2. The Morgan fingerprint density at radius 2 is 2.04 bits per heavy atom. The van der Waals surface area contributed by atoms with Gasteiger partial charge in [-0.25, -0.2) is 9.97 Å². The summed E-state index contributed by atoms with van der Waals surface area (Å²) in [4.78, 5) is 39.7. The van der Waals surface area contributed by atoms with Crippen molar-refractivity contribution in [1.29, 1.82) is 0 Å². The van der Waals surface area contributed by atoms with Gasteiger partial charge < -0.3 is 15.3 Å². The van der Waals surface area contributed by atoms with Crippen molar-refractivity contribution in [2.75, 3.05) is 5.32 Å². The number of hydrogen-bond acceptors (Lipinski definition) is 4. The summed E-state index contributed by atoms with van der Waals surface area (Å²) in [5, 5.41) is 5.61. The molecule has 142 valence electrons. The van der Waals surface area contributed by atoms with E-state index < -0.39 is 11.8 Å². The summed E-state index contributed by atoms with van der Waals surface area (Å²) in [6, 6.07) is -0.214. The van der Waals surface area contributed by atoms with E-state index in [1.54, 1.807) is 0 Å². The third-order valence-corrected chi connectivity index (χ3v) is 5.12. The van der Waals surface area contributed by atoms with Gasteiger partial charge >= 0.3 is 0 Å². The lowest BCUT2D eigenvalue weighted by molar-refractivity contribution is 0.0925. The van der Waals surface area contributed by atoms with Crippen molar-refractivity contribution in [3.63, 3.8) is 0 Å². The Morgan fingerprint density at radius 3 is 2.86 bits per heavy atom. The van der Waals surface area contributed by atoms with Crippen LogP contribution in [0.3, 0.4) is 0 Å². The van der Waals surface area contributed by atoms with E-state index in [1.165, 1.54) is 6.33 Å². The lowest BCUT2D eigenvalue weighted by Gasteiger charge is -2.23. The van der Waals surface area contributed by atoms with E-state index in [9.17, 15) is 9.59 Å². The van der Waals surface area contributed by atoms with Crippen molar-refractivity contribution in [3.8, 4) is 0 Å². The number of aromatic nitrogens is 4. The predicted octanol–water partition coefficient (Wildman–Crippen LogP) is 1.76. The molecule has 0 aromatic carbocycles. The van der Waals surface area contributed by atoms with Crippen LogP contribution in [0.1, 0.15) is 58.6 Å². The van der Waals surface area contributed by atoms with Crippen LogP contribution in [-0.4, -0.2) is 45.6 Å². The van der Waals surface area contributed by atoms with Gasteiger partial charge in [0.15, 0.2) is 5.69 Å². The number of carbonyl (C=O) groups is 2. The van der Waals surface area contributed by atoms with Gasteiger partial charge in [-0.2, -0.15) is 0 Å². The normalized spacial score (nSPS) is 18.7. The summed E-state index contributed by atoms with van der Waals surface area (Å²) in [7, 11) is 5.86. The summed E-state index contributed by atoms with van der Waals surface area (Å²) >= 11 is 0. The third kappa shape index (κ3) is 3.65. The zero-order chi connectivity index (χ0) is 19.7. The Morgan fingerprint density at radius 1 is 1.21 bits per heavy atom. The van der Waals surface area contributed by atoms with E-state index in [0.717, 1.165) is 42.6 Å². The van der Waals surface area contributed by atoms with Crippen LogP contribution in [0.4, 0.5) is 5.95 Å². The van der Waals surface area contributed by atoms with Crippen molar-refractivity contribution >= 4 is 25.6 Å². The molecule has 0 spiro atoms. The van der Waals surface area contributed by atoms with E-state index in [4.69, 9.17) is 7.85 Å². The number of carbonyl (C=O) groups excluding carboxylic acids is 2. The van der Waals surface area contributed by atoms with Gasteiger partial charge in [-0.3, -0.25) is 14.9 Å². The van der Waals surface area contributed by atoms with Gasteiger partial charge in [0.05, 0.1) is 18.1 Å². The fourth-order valence-electron chi connectivity index (χ4n) is 3.53. The van der Waals surface area contributed by atoms with Crippen molar-refractivity contribution in [3.05, 3.63) is 52.3 Å². The lowest BCUT2D eigenvalue weighted by atomic mass is 9.83. The molecule has 0 fully saturated rings.